The van der Waals surface area contributed by atoms with Gasteiger partial charge in [-0.25, -0.2) is 5.43 Å². The van der Waals surface area contributed by atoms with Crippen LogP contribution in [0.4, 0.5) is 0 Å². The van der Waals surface area contributed by atoms with Crippen LogP contribution in [-0.4, -0.2) is 12.1 Å². The molecule has 0 spiro atoms. The lowest BCUT2D eigenvalue weighted by atomic mass is 9.90. The van der Waals surface area contributed by atoms with E-state index < -0.39 is 0 Å². The number of nitrogens with one attached hydrogen (secondary N) is 1. The van der Waals surface area contributed by atoms with Gasteiger partial charge in [0.25, 0.3) is 0 Å². The number of rotatable bonds is 4. The summed E-state index contributed by atoms with van der Waals surface area (Å²) >= 11 is 0. The van der Waals surface area contributed by atoms with E-state index in [9.17, 15) is 4.79 Å². The van der Waals surface area contributed by atoms with Crippen LogP contribution in [0.2, 0.25) is 0 Å². The molecule has 1 amide bonds. The van der Waals surface area contributed by atoms with E-state index in [4.69, 9.17) is 5.26 Å². The second kappa shape index (κ2) is 5.31. The molecule has 72 valence electrons. The van der Waals surface area contributed by atoms with Crippen molar-refractivity contribution in [1.29, 1.82) is 5.26 Å². The molecule has 0 aromatic carbocycles. The van der Waals surface area contributed by atoms with E-state index >= 15 is 0 Å². The fourth-order valence-corrected chi connectivity index (χ4v) is 0.741. The van der Waals surface area contributed by atoms with Gasteiger partial charge in [0.1, 0.15) is 0 Å². The minimum atomic E-state index is -0.188. The van der Waals surface area contributed by atoms with Crippen LogP contribution in [0.3, 0.4) is 0 Å². The largest absolute Gasteiger partial charge is 0.274 e. The second-order valence-electron chi connectivity index (χ2n) is 3.57. The van der Waals surface area contributed by atoms with E-state index in [1.54, 1.807) is 6.21 Å². The third-order valence-corrected chi connectivity index (χ3v) is 1.52. The van der Waals surface area contributed by atoms with E-state index in [0.29, 0.717) is 6.42 Å². The fourth-order valence-electron chi connectivity index (χ4n) is 0.741. The molecule has 0 aliphatic carbocycles. The summed E-state index contributed by atoms with van der Waals surface area (Å²) in [5, 5.41) is 12.1. The van der Waals surface area contributed by atoms with Crippen LogP contribution in [-0.2, 0) is 4.79 Å². The standard InChI is InChI=1S/C9H15N3O/c1-8(13)12-11-7-9(2,3)5-4-6-10/h7H,4-5H2,1-3H3,(H,12,13)/b11-7-. The topological polar surface area (TPSA) is 65.2 Å². The number of hydrogen-bond acceptors (Lipinski definition) is 3. The molecule has 0 heterocycles. The van der Waals surface area contributed by atoms with Gasteiger partial charge in [0.2, 0.25) is 5.91 Å². The van der Waals surface area contributed by atoms with Crippen molar-refractivity contribution >= 4 is 12.1 Å². The fraction of sp³-hybridized carbons (Fsp3) is 0.667. The molecule has 0 unspecified atom stereocenters. The first-order valence-electron chi connectivity index (χ1n) is 4.16. The Kier molecular flexibility index (Phi) is 4.75. The zero-order chi connectivity index (χ0) is 10.3. The molecule has 0 aliphatic heterocycles. The smallest absolute Gasteiger partial charge is 0.236 e. The molecule has 0 saturated heterocycles. The van der Waals surface area contributed by atoms with Crippen LogP contribution >= 0.6 is 0 Å². The Bertz CT molecular complexity index is 238. The summed E-state index contributed by atoms with van der Waals surface area (Å²) in [7, 11) is 0. The summed E-state index contributed by atoms with van der Waals surface area (Å²) in [5.41, 5.74) is 2.18. The molecule has 13 heavy (non-hydrogen) atoms. The van der Waals surface area contributed by atoms with Gasteiger partial charge in [-0.1, -0.05) is 13.8 Å². The second-order valence-corrected chi connectivity index (χ2v) is 3.57. The zero-order valence-electron chi connectivity index (χ0n) is 8.29. The van der Waals surface area contributed by atoms with Gasteiger partial charge in [-0.3, -0.25) is 4.79 Å². The van der Waals surface area contributed by atoms with Crippen molar-refractivity contribution in [2.45, 2.75) is 33.6 Å². The zero-order valence-corrected chi connectivity index (χ0v) is 8.29. The highest BCUT2D eigenvalue weighted by Crippen LogP contribution is 2.18. The average Bonchev–Trinajstić information content (AvgIpc) is 2.00. The molecule has 0 atom stereocenters. The Hall–Kier alpha value is -1.37. The maximum Gasteiger partial charge on any atom is 0.236 e. The number of carbonyl (C=O) groups is 1. The van der Waals surface area contributed by atoms with Crippen LogP contribution in [0.25, 0.3) is 0 Å². The van der Waals surface area contributed by atoms with Gasteiger partial charge in [-0.2, -0.15) is 10.4 Å². The van der Waals surface area contributed by atoms with E-state index in [-0.39, 0.29) is 11.3 Å². The quantitative estimate of drug-likeness (QED) is 0.526. The molecule has 0 aromatic rings. The molecule has 4 heteroatoms. The predicted octanol–water partition coefficient (Wildman–Crippen LogP) is 1.44. The van der Waals surface area contributed by atoms with Crippen LogP contribution in [0.15, 0.2) is 5.10 Å². The van der Waals surface area contributed by atoms with Gasteiger partial charge < -0.3 is 0 Å². The molecular formula is C9H15N3O. The van der Waals surface area contributed by atoms with Gasteiger partial charge in [0, 0.05) is 25.0 Å². The van der Waals surface area contributed by atoms with E-state index in [1.165, 1.54) is 6.92 Å². The van der Waals surface area contributed by atoms with Crippen molar-refractivity contribution in [1.82, 2.24) is 5.43 Å². The van der Waals surface area contributed by atoms with Gasteiger partial charge in [0.05, 0.1) is 6.07 Å². The van der Waals surface area contributed by atoms with Crippen molar-refractivity contribution in [2.75, 3.05) is 0 Å². The highest BCUT2D eigenvalue weighted by molar-refractivity contribution is 5.74. The lowest BCUT2D eigenvalue weighted by Crippen LogP contribution is -2.18. The van der Waals surface area contributed by atoms with E-state index in [2.05, 4.69) is 16.6 Å². The van der Waals surface area contributed by atoms with Crippen LogP contribution in [0, 0.1) is 16.7 Å². The maximum absolute atomic E-state index is 10.5. The number of carbonyl (C=O) groups excluding carboxylic acids is 1. The summed E-state index contributed by atoms with van der Waals surface area (Å²) in [6, 6.07) is 2.07. The normalized spacial score (nSPS) is 11.2. The first kappa shape index (κ1) is 11.6. The number of nitrogens with zero attached hydrogens (tertiary/aromatic N) is 2. The summed E-state index contributed by atoms with van der Waals surface area (Å²) in [6.07, 6.45) is 2.90. The third kappa shape index (κ3) is 7.01. The van der Waals surface area contributed by atoms with Crippen LogP contribution in [0.1, 0.15) is 33.6 Å². The molecule has 0 aliphatic rings. The third-order valence-electron chi connectivity index (χ3n) is 1.52. The Balaban J connectivity index is 3.94. The highest BCUT2D eigenvalue weighted by Gasteiger charge is 2.13. The highest BCUT2D eigenvalue weighted by atomic mass is 16.2. The van der Waals surface area contributed by atoms with Crippen molar-refractivity contribution in [3.63, 3.8) is 0 Å². The maximum atomic E-state index is 10.5. The molecule has 0 fully saturated rings. The Morgan fingerprint density at radius 2 is 2.31 bits per heavy atom. The molecule has 4 nitrogen and oxygen atoms in total. The summed E-state index contributed by atoms with van der Waals surface area (Å²) < 4.78 is 0. The van der Waals surface area contributed by atoms with Gasteiger partial charge >= 0.3 is 0 Å². The minimum absolute atomic E-state index is 0.141. The molecule has 0 saturated carbocycles. The number of nitriles is 1. The number of hydrogen-bond donors (Lipinski definition) is 1. The summed E-state index contributed by atoms with van der Waals surface area (Å²) in [4.78, 5) is 10.5. The molecule has 0 aromatic heterocycles. The molecule has 0 radical (unpaired) electrons. The van der Waals surface area contributed by atoms with Crippen molar-refractivity contribution in [3.8, 4) is 6.07 Å². The van der Waals surface area contributed by atoms with Crippen molar-refractivity contribution in [2.24, 2.45) is 10.5 Å². The average molecular weight is 181 g/mol. The summed E-state index contributed by atoms with van der Waals surface area (Å²) in [5.74, 6) is -0.188. The Morgan fingerprint density at radius 1 is 1.69 bits per heavy atom. The van der Waals surface area contributed by atoms with Crippen LogP contribution in [0.5, 0.6) is 0 Å². The monoisotopic (exact) mass is 181 g/mol. The predicted molar refractivity (Wildman–Crippen MR) is 50.9 cm³/mol. The Morgan fingerprint density at radius 3 is 2.77 bits per heavy atom. The van der Waals surface area contributed by atoms with Gasteiger partial charge in [-0.15, -0.1) is 0 Å². The SMILES string of the molecule is CC(=O)N/N=C\C(C)(C)CCC#N. The minimum Gasteiger partial charge on any atom is -0.274 e. The first-order valence-corrected chi connectivity index (χ1v) is 4.16. The van der Waals surface area contributed by atoms with E-state index in [1.807, 2.05) is 13.8 Å². The molecule has 0 bridgehead atoms. The van der Waals surface area contributed by atoms with Gasteiger partial charge in [0.15, 0.2) is 0 Å². The van der Waals surface area contributed by atoms with Crippen molar-refractivity contribution < 1.29 is 4.79 Å². The lowest BCUT2D eigenvalue weighted by Gasteiger charge is -2.16. The molecule has 0 rings (SSSR count). The first-order chi connectivity index (χ1) is 5.98. The van der Waals surface area contributed by atoms with Gasteiger partial charge in [-0.05, 0) is 6.42 Å². The summed E-state index contributed by atoms with van der Waals surface area (Å²) in [6.45, 7) is 5.34. The van der Waals surface area contributed by atoms with Crippen LogP contribution < -0.4 is 5.43 Å². The Labute approximate surface area is 78.6 Å². The van der Waals surface area contributed by atoms with E-state index in [0.717, 1.165) is 6.42 Å². The molecular weight excluding hydrogens is 166 g/mol. The molecule has 1 N–H and O–H groups in total. The number of hydrazone groups is 1. The lowest BCUT2D eigenvalue weighted by molar-refractivity contribution is -0.118. The van der Waals surface area contributed by atoms with Crippen molar-refractivity contribution in [3.05, 3.63) is 0 Å². The number of amides is 1.